The summed E-state index contributed by atoms with van der Waals surface area (Å²) in [6, 6.07) is 10.6. The van der Waals surface area contributed by atoms with E-state index in [1.165, 1.54) is 37.6 Å². The third kappa shape index (κ3) is 2.71. The van der Waals surface area contributed by atoms with E-state index in [1.807, 2.05) is 0 Å². The lowest BCUT2D eigenvalue weighted by atomic mass is 10.2. The predicted molar refractivity (Wildman–Crippen MR) is 81.3 cm³/mol. The van der Waals surface area contributed by atoms with Gasteiger partial charge in [0.1, 0.15) is 5.52 Å². The van der Waals surface area contributed by atoms with Crippen molar-refractivity contribution in [1.29, 1.82) is 0 Å². The van der Waals surface area contributed by atoms with Crippen LogP contribution >= 0.6 is 0 Å². The van der Waals surface area contributed by atoms with Crippen LogP contribution in [0.3, 0.4) is 0 Å². The average molecular weight is 316 g/mol. The first kappa shape index (κ1) is 14.3. The lowest BCUT2D eigenvalue weighted by Gasteiger charge is -2.08. The first-order valence-electron chi connectivity index (χ1n) is 6.43. The predicted octanol–water partition coefficient (Wildman–Crippen LogP) is 2.83. The van der Waals surface area contributed by atoms with Crippen LogP contribution in [0.1, 0.15) is 17.3 Å². The minimum absolute atomic E-state index is 0.0789. The summed E-state index contributed by atoms with van der Waals surface area (Å²) in [5.74, 6) is -0.118. The van der Waals surface area contributed by atoms with E-state index in [9.17, 15) is 13.2 Å². The number of oxazole rings is 1. The summed E-state index contributed by atoms with van der Waals surface area (Å²) in [7, 11) is -3.73. The number of ketones is 1. The number of rotatable bonds is 4. The molecular weight excluding hydrogens is 304 g/mol. The van der Waals surface area contributed by atoms with Crippen molar-refractivity contribution in [2.45, 2.75) is 11.8 Å². The summed E-state index contributed by atoms with van der Waals surface area (Å²) in [4.78, 5) is 15.3. The highest BCUT2D eigenvalue weighted by Gasteiger charge is 2.15. The number of aromatic nitrogens is 1. The molecule has 0 saturated heterocycles. The zero-order chi connectivity index (χ0) is 15.7. The van der Waals surface area contributed by atoms with Gasteiger partial charge in [0.15, 0.2) is 17.8 Å². The van der Waals surface area contributed by atoms with E-state index in [1.54, 1.807) is 18.2 Å². The molecule has 2 aromatic carbocycles. The molecule has 0 atom stereocenters. The van der Waals surface area contributed by atoms with Gasteiger partial charge in [0.2, 0.25) is 0 Å². The molecular formula is C15H12N2O4S. The number of nitrogens with zero attached hydrogens (tertiary/aromatic N) is 1. The zero-order valence-electron chi connectivity index (χ0n) is 11.6. The molecule has 0 fully saturated rings. The number of fused-ring (bicyclic) bond motifs is 1. The number of Topliss-reactive ketones (excluding diaryl/α,β-unsaturated/α-hetero) is 1. The van der Waals surface area contributed by atoms with Crippen LogP contribution in [-0.4, -0.2) is 19.2 Å². The molecule has 3 rings (SSSR count). The van der Waals surface area contributed by atoms with Gasteiger partial charge in [0.25, 0.3) is 10.0 Å². The van der Waals surface area contributed by atoms with Crippen LogP contribution in [0.2, 0.25) is 0 Å². The molecule has 3 aromatic rings. The van der Waals surface area contributed by atoms with Crippen molar-refractivity contribution < 1.29 is 17.6 Å². The van der Waals surface area contributed by atoms with Gasteiger partial charge in [-0.15, -0.1) is 0 Å². The molecule has 1 heterocycles. The lowest BCUT2D eigenvalue weighted by molar-refractivity contribution is 0.101. The third-order valence-corrected chi connectivity index (χ3v) is 4.55. The van der Waals surface area contributed by atoms with E-state index in [4.69, 9.17) is 4.42 Å². The molecule has 0 radical (unpaired) electrons. The van der Waals surface area contributed by atoms with E-state index in [-0.39, 0.29) is 10.7 Å². The van der Waals surface area contributed by atoms with Crippen molar-refractivity contribution in [2.24, 2.45) is 0 Å². The normalized spacial score (nSPS) is 11.5. The number of benzene rings is 2. The largest absolute Gasteiger partial charge is 0.443 e. The van der Waals surface area contributed by atoms with Gasteiger partial charge < -0.3 is 4.42 Å². The molecule has 1 N–H and O–H groups in total. The Morgan fingerprint density at radius 1 is 1.14 bits per heavy atom. The average Bonchev–Trinajstić information content (AvgIpc) is 2.94. The fraction of sp³-hybridized carbons (Fsp3) is 0.0667. The quantitative estimate of drug-likeness (QED) is 0.748. The Bertz CT molecular complexity index is 943. The number of nitrogens with one attached hydrogen (secondary N) is 1. The Balaban J connectivity index is 1.90. The van der Waals surface area contributed by atoms with E-state index >= 15 is 0 Å². The molecule has 0 unspecified atom stereocenters. The smallest absolute Gasteiger partial charge is 0.261 e. The van der Waals surface area contributed by atoms with Crippen LogP contribution in [0.25, 0.3) is 11.1 Å². The third-order valence-electron chi connectivity index (χ3n) is 3.15. The lowest BCUT2D eigenvalue weighted by Crippen LogP contribution is -2.13. The maximum absolute atomic E-state index is 12.3. The van der Waals surface area contributed by atoms with Crippen molar-refractivity contribution in [3.63, 3.8) is 0 Å². The van der Waals surface area contributed by atoms with Gasteiger partial charge in [-0.25, -0.2) is 13.4 Å². The Kier molecular flexibility index (Phi) is 3.42. The number of hydrogen-bond acceptors (Lipinski definition) is 5. The van der Waals surface area contributed by atoms with Crippen LogP contribution < -0.4 is 4.72 Å². The van der Waals surface area contributed by atoms with E-state index in [2.05, 4.69) is 9.71 Å². The maximum Gasteiger partial charge on any atom is 0.261 e. The zero-order valence-corrected chi connectivity index (χ0v) is 12.4. The highest BCUT2D eigenvalue weighted by Crippen LogP contribution is 2.21. The maximum atomic E-state index is 12.3. The summed E-state index contributed by atoms with van der Waals surface area (Å²) < 4.78 is 32.2. The van der Waals surface area contributed by atoms with Gasteiger partial charge in [-0.05, 0) is 31.2 Å². The van der Waals surface area contributed by atoms with Gasteiger partial charge in [0.05, 0.1) is 10.6 Å². The second-order valence-corrected chi connectivity index (χ2v) is 6.40. The Hall–Kier alpha value is -2.67. The Morgan fingerprint density at radius 3 is 2.55 bits per heavy atom. The van der Waals surface area contributed by atoms with Crippen LogP contribution in [0.5, 0.6) is 0 Å². The minimum atomic E-state index is -3.73. The molecule has 0 spiro atoms. The molecule has 0 amide bonds. The topological polar surface area (TPSA) is 89.3 Å². The molecule has 0 aliphatic carbocycles. The van der Waals surface area contributed by atoms with Gasteiger partial charge in [-0.2, -0.15) is 0 Å². The number of sulfonamides is 1. The summed E-state index contributed by atoms with van der Waals surface area (Å²) in [5.41, 5.74) is 1.97. The fourth-order valence-corrected chi connectivity index (χ4v) is 3.05. The molecule has 0 saturated carbocycles. The summed E-state index contributed by atoms with van der Waals surface area (Å²) in [6.07, 6.45) is 1.30. The van der Waals surface area contributed by atoms with Crippen molar-refractivity contribution in [3.8, 4) is 0 Å². The number of anilines is 1. The molecule has 6 nitrogen and oxygen atoms in total. The summed E-state index contributed by atoms with van der Waals surface area (Å²) in [5, 5.41) is 0. The molecule has 0 bridgehead atoms. The van der Waals surface area contributed by atoms with Crippen LogP contribution in [-0.2, 0) is 10.0 Å². The highest BCUT2D eigenvalue weighted by molar-refractivity contribution is 7.92. The number of hydrogen-bond donors (Lipinski definition) is 1. The first-order valence-corrected chi connectivity index (χ1v) is 7.91. The molecule has 7 heteroatoms. The summed E-state index contributed by atoms with van der Waals surface area (Å²) >= 11 is 0. The second kappa shape index (κ2) is 5.27. The van der Waals surface area contributed by atoms with Gasteiger partial charge >= 0.3 is 0 Å². The van der Waals surface area contributed by atoms with Crippen LogP contribution in [0, 0.1) is 0 Å². The highest BCUT2D eigenvalue weighted by atomic mass is 32.2. The summed E-state index contributed by atoms with van der Waals surface area (Å²) in [6.45, 7) is 1.42. The fourth-order valence-electron chi connectivity index (χ4n) is 2.00. The molecule has 22 heavy (non-hydrogen) atoms. The van der Waals surface area contributed by atoms with Crippen molar-refractivity contribution in [1.82, 2.24) is 4.98 Å². The van der Waals surface area contributed by atoms with Gasteiger partial charge in [-0.1, -0.05) is 12.1 Å². The number of carbonyl (C=O) groups excluding carboxylic acids is 1. The molecule has 0 aliphatic rings. The molecule has 112 valence electrons. The Morgan fingerprint density at radius 2 is 1.86 bits per heavy atom. The van der Waals surface area contributed by atoms with E-state index in [0.29, 0.717) is 22.4 Å². The monoisotopic (exact) mass is 316 g/mol. The standard InChI is InChI=1S/C15H12N2O4S/c1-10(18)11-2-5-13(6-3-11)22(19,20)17-12-4-7-14-15(8-12)21-9-16-14/h2-9,17H,1H3. The number of carbonyl (C=O) groups is 1. The second-order valence-electron chi connectivity index (χ2n) is 4.72. The van der Waals surface area contributed by atoms with Gasteiger partial charge in [-0.3, -0.25) is 9.52 Å². The van der Waals surface area contributed by atoms with Crippen LogP contribution in [0.4, 0.5) is 5.69 Å². The molecule has 0 aliphatic heterocycles. The van der Waals surface area contributed by atoms with Crippen molar-refractivity contribution >= 4 is 32.6 Å². The van der Waals surface area contributed by atoms with Crippen LogP contribution in [0.15, 0.2) is 58.2 Å². The molecule has 1 aromatic heterocycles. The first-order chi connectivity index (χ1) is 10.5. The Labute approximate surface area is 126 Å². The van der Waals surface area contributed by atoms with Gasteiger partial charge in [0, 0.05) is 11.6 Å². The van der Waals surface area contributed by atoms with E-state index < -0.39 is 10.0 Å². The van der Waals surface area contributed by atoms with Crippen molar-refractivity contribution in [2.75, 3.05) is 4.72 Å². The van der Waals surface area contributed by atoms with Crippen molar-refractivity contribution in [3.05, 3.63) is 54.4 Å². The minimum Gasteiger partial charge on any atom is -0.443 e. The SMILES string of the molecule is CC(=O)c1ccc(S(=O)(=O)Nc2ccc3ncoc3c2)cc1. The van der Waals surface area contributed by atoms with E-state index in [0.717, 1.165) is 0 Å².